The monoisotopic (exact) mass is 408 g/mol. The first-order valence-corrected chi connectivity index (χ1v) is 10.4. The van der Waals surface area contributed by atoms with Crippen molar-refractivity contribution in [2.45, 2.75) is 37.6 Å². The molecule has 0 aliphatic heterocycles. The summed E-state index contributed by atoms with van der Waals surface area (Å²) in [6.07, 6.45) is 0.761. The summed E-state index contributed by atoms with van der Waals surface area (Å²) in [5.41, 5.74) is 2.08. The van der Waals surface area contributed by atoms with E-state index in [2.05, 4.69) is 20.8 Å². The number of carbonyl (C=O) groups is 2. The Morgan fingerprint density at radius 1 is 1.30 bits per heavy atom. The zero-order valence-corrected chi connectivity index (χ0v) is 17.4. The number of rotatable bonds is 9. The van der Waals surface area contributed by atoms with Crippen molar-refractivity contribution < 1.29 is 14.3 Å². The molecule has 7 nitrogen and oxygen atoms in total. The maximum absolute atomic E-state index is 12.2. The van der Waals surface area contributed by atoms with Crippen molar-refractivity contribution in [1.82, 2.24) is 15.5 Å². The fourth-order valence-electron chi connectivity index (χ4n) is 2.29. The van der Waals surface area contributed by atoms with Gasteiger partial charge < -0.3 is 15.4 Å². The van der Waals surface area contributed by atoms with Gasteiger partial charge in [0.15, 0.2) is 4.34 Å². The highest BCUT2D eigenvalue weighted by atomic mass is 32.2. The number of esters is 1. The number of anilines is 2. The average Bonchev–Trinajstić information content (AvgIpc) is 3.12. The Morgan fingerprint density at radius 2 is 2.04 bits per heavy atom. The molecule has 1 aromatic heterocycles. The Labute approximate surface area is 167 Å². The molecule has 0 saturated heterocycles. The van der Waals surface area contributed by atoms with Crippen molar-refractivity contribution >= 4 is 45.8 Å². The van der Waals surface area contributed by atoms with Gasteiger partial charge in [-0.3, -0.25) is 4.79 Å². The lowest BCUT2D eigenvalue weighted by atomic mass is 9.99. The number of aromatic nitrogens is 2. The number of para-hydroxylation sites is 1. The summed E-state index contributed by atoms with van der Waals surface area (Å²) >= 11 is 2.66. The first-order valence-electron chi connectivity index (χ1n) is 8.60. The van der Waals surface area contributed by atoms with Crippen LogP contribution in [0.5, 0.6) is 0 Å². The molecule has 1 amide bonds. The number of hydrogen-bond donors (Lipinski definition) is 2. The van der Waals surface area contributed by atoms with Crippen LogP contribution in [-0.2, 0) is 14.3 Å². The number of benzene rings is 1. The maximum Gasteiger partial charge on any atom is 0.328 e. The van der Waals surface area contributed by atoms with E-state index < -0.39 is 12.0 Å². The van der Waals surface area contributed by atoms with E-state index in [1.54, 1.807) is 0 Å². The standard InChI is InChI=1S/C18H24N4O3S2/c1-5-11(2)15(16(24)25-4)20-14(23)10-26-18-22-21-17(27-18)19-13-9-7-6-8-12(13)3/h6-9,11,15H,5,10H2,1-4H3,(H,19,21)(H,20,23)/t11-,15-/m1/s1. The molecular weight excluding hydrogens is 384 g/mol. The lowest BCUT2D eigenvalue weighted by molar-refractivity contribution is -0.146. The molecular formula is C18H24N4O3S2. The number of methoxy groups -OCH3 is 1. The second-order valence-electron chi connectivity index (χ2n) is 6.06. The minimum atomic E-state index is -0.638. The Morgan fingerprint density at radius 3 is 2.70 bits per heavy atom. The second kappa shape index (κ2) is 10.3. The van der Waals surface area contributed by atoms with Gasteiger partial charge in [0.1, 0.15) is 6.04 Å². The van der Waals surface area contributed by atoms with Crippen LogP contribution >= 0.6 is 23.1 Å². The van der Waals surface area contributed by atoms with E-state index in [0.29, 0.717) is 9.47 Å². The summed E-state index contributed by atoms with van der Waals surface area (Å²) in [6, 6.07) is 7.27. The van der Waals surface area contributed by atoms with Gasteiger partial charge >= 0.3 is 5.97 Å². The van der Waals surface area contributed by atoms with Crippen molar-refractivity contribution in [3.05, 3.63) is 29.8 Å². The van der Waals surface area contributed by atoms with Crippen molar-refractivity contribution in [3.8, 4) is 0 Å². The van der Waals surface area contributed by atoms with Crippen LogP contribution in [0.1, 0.15) is 25.8 Å². The van der Waals surface area contributed by atoms with Gasteiger partial charge in [0, 0.05) is 5.69 Å². The van der Waals surface area contributed by atoms with E-state index in [0.717, 1.165) is 17.7 Å². The molecule has 2 atom stereocenters. The third-order valence-corrected chi connectivity index (χ3v) is 6.08. The van der Waals surface area contributed by atoms with E-state index in [4.69, 9.17) is 4.74 Å². The molecule has 0 saturated carbocycles. The molecule has 0 radical (unpaired) electrons. The summed E-state index contributed by atoms with van der Waals surface area (Å²) in [7, 11) is 1.32. The normalized spacial score (nSPS) is 12.9. The molecule has 0 aliphatic carbocycles. The van der Waals surface area contributed by atoms with Crippen LogP contribution in [0.4, 0.5) is 10.8 Å². The number of thioether (sulfide) groups is 1. The Bertz CT molecular complexity index is 781. The van der Waals surface area contributed by atoms with Crippen molar-refractivity contribution in [2.24, 2.45) is 5.92 Å². The molecule has 1 aromatic carbocycles. The quantitative estimate of drug-likeness (QED) is 0.485. The van der Waals surface area contributed by atoms with Gasteiger partial charge in [-0.15, -0.1) is 10.2 Å². The van der Waals surface area contributed by atoms with Crippen molar-refractivity contribution in [1.29, 1.82) is 0 Å². The summed E-state index contributed by atoms with van der Waals surface area (Å²) in [5, 5.41) is 14.8. The minimum absolute atomic E-state index is 0.00200. The third kappa shape index (κ3) is 6.21. The highest BCUT2D eigenvalue weighted by molar-refractivity contribution is 8.01. The van der Waals surface area contributed by atoms with E-state index in [1.807, 2.05) is 45.0 Å². The number of amides is 1. The Balaban J connectivity index is 1.89. The molecule has 0 spiro atoms. The average molecular weight is 409 g/mol. The number of nitrogens with zero attached hydrogens (tertiary/aromatic N) is 2. The van der Waals surface area contributed by atoms with Gasteiger partial charge in [0.05, 0.1) is 12.9 Å². The predicted molar refractivity (Wildman–Crippen MR) is 108 cm³/mol. The third-order valence-electron chi connectivity index (χ3n) is 4.10. The van der Waals surface area contributed by atoms with Gasteiger partial charge in [-0.25, -0.2) is 4.79 Å². The molecule has 0 bridgehead atoms. The Kier molecular flexibility index (Phi) is 8.05. The van der Waals surface area contributed by atoms with E-state index >= 15 is 0 Å². The zero-order valence-electron chi connectivity index (χ0n) is 15.8. The number of nitrogens with one attached hydrogen (secondary N) is 2. The molecule has 2 N–H and O–H groups in total. The first-order chi connectivity index (χ1) is 12.9. The molecule has 1 heterocycles. The number of carbonyl (C=O) groups excluding carboxylic acids is 2. The topological polar surface area (TPSA) is 93.2 Å². The van der Waals surface area contributed by atoms with Crippen LogP contribution < -0.4 is 10.6 Å². The van der Waals surface area contributed by atoms with Gasteiger partial charge in [0.2, 0.25) is 11.0 Å². The number of aryl methyl sites for hydroxylation is 1. The van der Waals surface area contributed by atoms with E-state index in [1.165, 1.54) is 30.2 Å². The summed E-state index contributed by atoms with van der Waals surface area (Å²) in [6.45, 7) is 5.88. The second-order valence-corrected chi connectivity index (χ2v) is 8.26. The lowest BCUT2D eigenvalue weighted by Crippen LogP contribution is -2.46. The van der Waals surface area contributed by atoms with Crippen LogP contribution in [0.2, 0.25) is 0 Å². The minimum Gasteiger partial charge on any atom is -0.467 e. The highest BCUT2D eigenvalue weighted by Crippen LogP contribution is 2.28. The van der Waals surface area contributed by atoms with Crippen LogP contribution in [0, 0.1) is 12.8 Å². The van der Waals surface area contributed by atoms with Crippen molar-refractivity contribution in [2.75, 3.05) is 18.2 Å². The summed E-state index contributed by atoms with van der Waals surface area (Å²) < 4.78 is 5.46. The SMILES string of the molecule is CC[C@@H](C)[C@@H](NC(=O)CSc1nnc(Nc2ccccc2C)s1)C(=O)OC. The molecule has 2 rings (SSSR count). The fourth-order valence-corrected chi connectivity index (χ4v) is 3.86. The molecule has 0 fully saturated rings. The lowest BCUT2D eigenvalue weighted by Gasteiger charge is -2.21. The molecule has 146 valence electrons. The van der Waals surface area contributed by atoms with Gasteiger partial charge in [-0.05, 0) is 24.5 Å². The van der Waals surface area contributed by atoms with E-state index in [-0.39, 0.29) is 17.6 Å². The van der Waals surface area contributed by atoms with Gasteiger partial charge in [0.25, 0.3) is 0 Å². The molecule has 27 heavy (non-hydrogen) atoms. The van der Waals surface area contributed by atoms with Crippen LogP contribution in [0.3, 0.4) is 0 Å². The fraction of sp³-hybridized carbons (Fsp3) is 0.444. The maximum atomic E-state index is 12.2. The molecule has 2 aromatic rings. The van der Waals surface area contributed by atoms with Crippen LogP contribution in [-0.4, -0.2) is 41.0 Å². The summed E-state index contributed by atoms with van der Waals surface area (Å²) in [4.78, 5) is 24.1. The number of hydrogen-bond acceptors (Lipinski definition) is 8. The molecule has 9 heteroatoms. The summed E-state index contributed by atoms with van der Waals surface area (Å²) in [5.74, 6) is -0.511. The zero-order chi connectivity index (χ0) is 19.8. The van der Waals surface area contributed by atoms with Crippen LogP contribution in [0.15, 0.2) is 28.6 Å². The highest BCUT2D eigenvalue weighted by Gasteiger charge is 2.26. The van der Waals surface area contributed by atoms with Gasteiger partial charge in [-0.2, -0.15) is 0 Å². The van der Waals surface area contributed by atoms with Crippen molar-refractivity contribution in [3.63, 3.8) is 0 Å². The van der Waals surface area contributed by atoms with Gasteiger partial charge in [-0.1, -0.05) is 61.6 Å². The number of ether oxygens (including phenoxy) is 1. The smallest absolute Gasteiger partial charge is 0.328 e. The largest absolute Gasteiger partial charge is 0.467 e. The first kappa shape index (κ1) is 21.2. The molecule has 0 unspecified atom stereocenters. The van der Waals surface area contributed by atoms with Crippen LogP contribution in [0.25, 0.3) is 0 Å². The van der Waals surface area contributed by atoms with E-state index in [9.17, 15) is 9.59 Å². The Hall–Kier alpha value is -2.13. The molecule has 0 aliphatic rings. The predicted octanol–water partition coefficient (Wildman–Crippen LogP) is 3.39.